The van der Waals surface area contributed by atoms with Gasteiger partial charge in [0.05, 0.1) is 0 Å². The molecule has 1 rings (SSSR count). The lowest BCUT2D eigenvalue weighted by Gasteiger charge is -2.23. The molecule has 0 heterocycles. The Morgan fingerprint density at radius 1 is 1.62 bits per heavy atom. The zero-order valence-electron chi connectivity index (χ0n) is 7.86. The van der Waals surface area contributed by atoms with Crippen LogP contribution in [0.1, 0.15) is 32.6 Å². The summed E-state index contributed by atoms with van der Waals surface area (Å²) in [6, 6.07) is 0. The molecule has 0 N–H and O–H groups in total. The molecular weight excluding hydrogens is 170 g/mol. The zero-order valence-corrected chi connectivity index (χ0v) is 7.86. The van der Waals surface area contributed by atoms with E-state index in [4.69, 9.17) is 0 Å². The predicted octanol–water partition coefficient (Wildman–Crippen LogP) is 1.66. The Morgan fingerprint density at radius 2 is 2.31 bits per heavy atom. The summed E-state index contributed by atoms with van der Waals surface area (Å²) in [5.41, 5.74) is 0. The first kappa shape index (κ1) is 10.2. The highest BCUT2D eigenvalue weighted by Gasteiger charge is 2.29. The van der Waals surface area contributed by atoms with E-state index >= 15 is 0 Å². The van der Waals surface area contributed by atoms with Gasteiger partial charge in [0.25, 0.3) is 0 Å². The third kappa shape index (κ3) is 2.79. The summed E-state index contributed by atoms with van der Waals surface area (Å²) in [5.74, 6) is 0.0718. The average Bonchev–Trinajstić information content (AvgIpc) is 2.03. The van der Waals surface area contributed by atoms with E-state index in [1.165, 1.54) is 0 Å². The molecule has 0 aromatic carbocycles. The fourth-order valence-electron chi connectivity index (χ4n) is 1.97. The van der Waals surface area contributed by atoms with Crippen molar-refractivity contribution in [2.24, 2.45) is 11.8 Å². The van der Waals surface area contributed by atoms with Crippen LogP contribution in [-0.4, -0.2) is 17.3 Å². The van der Waals surface area contributed by atoms with Crippen LogP contribution in [-0.2, 0) is 4.79 Å². The standard InChI is InChI=1S/C9H15NO3/c1-7(6-10(12)13)8-4-2-3-5-9(8)11/h7-8H,2-6H2,1H3. The lowest BCUT2D eigenvalue weighted by atomic mass is 9.80. The third-order valence-corrected chi connectivity index (χ3v) is 2.73. The molecule has 4 heteroatoms. The minimum atomic E-state index is -0.327. The largest absolute Gasteiger partial charge is 0.299 e. The number of ketones is 1. The van der Waals surface area contributed by atoms with Gasteiger partial charge in [-0.05, 0) is 12.8 Å². The van der Waals surface area contributed by atoms with Crippen LogP contribution < -0.4 is 0 Å². The van der Waals surface area contributed by atoms with Gasteiger partial charge in [-0.25, -0.2) is 0 Å². The molecule has 74 valence electrons. The second-order valence-electron chi connectivity index (χ2n) is 3.81. The molecule has 0 amide bonds. The van der Waals surface area contributed by atoms with Gasteiger partial charge in [-0.3, -0.25) is 14.9 Å². The van der Waals surface area contributed by atoms with E-state index in [0.29, 0.717) is 6.42 Å². The molecule has 0 aromatic rings. The number of rotatable bonds is 3. The van der Waals surface area contributed by atoms with Gasteiger partial charge < -0.3 is 0 Å². The molecule has 0 radical (unpaired) electrons. The molecule has 0 spiro atoms. The summed E-state index contributed by atoms with van der Waals surface area (Å²) in [7, 11) is 0. The number of nitrogens with zero attached hydrogens (tertiary/aromatic N) is 1. The molecule has 13 heavy (non-hydrogen) atoms. The van der Waals surface area contributed by atoms with E-state index in [-0.39, 0.29) is 29.1 Å². The van der Waals surface area contributed by atoms with Crippen LogP contribution >= 0.6 is 0 Å². The second kappa shape index (κ2) is 4.35. The Kier molecular flexibility index (Phi) is 3.39. The van der Waals surface area contributed by atoms with Crippen molar-refractivity contribution in [2.75, 3.05) is 6.54 Å². The van der Waals surface area contributed by atoms with Crippen LogP contribution in [0.4, 0.5) is 0 Å². The van der Waals surface area contributed by atoms with Crippen molar-refractivity contribution in [3.8, 4) is 0 Å². The van der Waals surface area contributed by atoms with Crippen molar-refractivity contribution < 1.29 is 9.72 Å². The highest BCUT2D eigenvalue weighted by molar-refractivity contribution is 5.81. The van der Waals surface area contributed by atoms with E-state index in [9.17, 15) is 14.9 Å². The molecule has 0 aromatic heterocycles. The maximum absolute atomic E-state index is 11.4. The molecule has 0 aliphatic heterocycles. The maximum atomic E-state index is 11.4. The fourth-order valence-corrected chi connectivity index (χ4v) is 1.97. The fraction of sp³-hybridized carbons (Fsp3) is 0.889. The van der Waals surface area contributed by atoms with Crippen LogP contribution in [0, 0.1) is 22.0 Å². The Morgan fingerprint density at radius 3 is 2.85 bits per heavy atom. The van der Waals surface area contributed by atoms with Gasteiger partial charge in [-0.15, -0.1) is 0 Å². The second-order valence-corrected chi connectivity index (χ2v) is 3.81. The molecule has 1 aliphatic carbocycles. The lowest BCUT2D eigenvalue weighted by Crippen LogP contribution is -2.29. The third-order valence-electron chi connectivity index (χ3n) is 2.73. The van der Waals surface area contributed by atoms with E-state index in [1.807, 2.05) is 0 Å². The van der Waals surface area contributed by atoms with Crippen molar-refractivity contribution in [3.63, 3.8) is 0 Å². The van der Waals surface area contributed by atoms with E-state index in [1.54, 1.807) is 6.92 Å². The molecule has 2 unspecified atom stereocenters. The van der Waals surface area contributed by atoms with Gasteiger partial charge in [-0.2, -0.15) is 0 Å². The Hall–Kier alpha value is -0.930. The highest BCUT2D eigenvalue weighted by Crippen LogP contribution is 2.26. The summed E-state index contributed by atoms with van der Waals surface area (Å²) in [6.07, 6.45) is 3.46. The number of Topliss-reactive ketones (excluding diaryl/α,β-unsaturated/α-hetero) is 1. The van der Waals surface area contributed by atoms with Gasteiger partial charge in [-0.1, -0.05) is 13.3 Å². The highest BCUT2D eigenvalue weighted by atomic mass is 16.6. The summed E-state index contributed by atoms with van der Waals surface area (Å²) in [6.45, 7) is 1.73. The van der Waals surface area contributed by atoms with E-state index in [2.05, 4.69) is 0 Å². The van der Waals surface area contributed by atoms with Crippen molar-refractivity contribution >= 4 is 5.78 Å². The molecule has 1 aliphatic rings. The van der Waals surface area contributed by atoms with Crippen LogP contribution in [0.3, 0.4) is 0 Å². The average molecular weight is 185 g/mol. The number of carbonyl (C=O) groups excluding carboxylic acids is 1. The monoisotopic (exact) mass is 185 g/mol. The number of hydrogen-bond donors (Lipinski definition) is 0. The first-order valence-corrected chi connectivity index (χ1v) is 4.75. The van der Waals surface area contributed by atoms with E-state index in [0.717, 1.165) is 19.3 Å². The molecule has 1 fully saturated rings. The predicted molar refractivity (Wildman–Crippen MR) is 48.0 cm³/mol. The quantitative estimate of drug-likeness (QED) is 0.496. The number of carbonyl (C=O) groups is 1. The molecule has 1 saturated carbocycles. The first-order valence-electron chi connectivity index (χ1n) is 4.75. The minimum absolute atomic E-state index is 0.0563. The molecule has 2 atom stereocenters. The van der Waals surface area contributed by atoms with Crippen LogP contribution in [0.15, 0.2) is 0 Å². The number of nitro groups is 1. The molecular formula is C9H15NO3. The van der Waals surface area contributed by atoms with Gasteiger partial charge in [0.1, 0.15) is 5.78 Å². The topological polar surface area (TPSA) is 60.2 Å². The zero-order chi connectivity index (χ0) is 9.84. The summed E-state index contributed by atoms with van der Waals surface area (Å²) < 4.78 is 0. The van der Waals surface area contributed by atoms with Gasteiger partial charge in [0.2, 0.25) is 6.54 Å². The summed E-state index contributed by atoms with van der Waals surface area (Å²) >= 11 is 0. The van der Waals surface area contributed by atoms with Crippen molar-refractivity contribution in [2.45, 2.75) is 32.6 Å². The smallest absolute Gasteiger partial charge is 0.207 e. The van der Waals surface area contributed by atoms with Gasteiger partial charge >= 0.3 is 0 Å². The van der Waals surface area contributed by atoms with Crippen LogP contribution in [0.25, 0.3) is 0 Å². The van der Waals surface area contributed by atoms with Gasteiger partial charge in [0.15, 0.2) is 0 Å². The minimum Gasteiger partial charge on any atom is -0.299 e. The van der Waals surface area contributed by atoms with Crippen molar-refractivity contribution in [1.29, 1.82) is 0 Å². The SMILES string of the molecule is CC(C[N+](=O)[O-])C1CCCCC1=O. The molecule has 0 bridgehead atoms. The lowest BCUT2D eigenvalue weighted by molar-refractivity contribution is -0.488. The Bertz CT molecular complexity index is 215. The first-order chi connectivity index (χ1) is 6.11. The molecule has 0 saturated heterocycles. The van der Waals surface area contributed by atoms with Crippen LogP contribution in [0.5, 0.6) is 0 Å². The summed E-state index contributed by atoms with van der Waals surface area (Å²) in [5, 5.41) is 10.3. The Balaban J connectivity index is 2.48. The summed E-state index contributed by atoms with van der Waals surface area (Å²) in [4.78, 5) is 21.3. The van der Waals surface area contributed by atoms with E-state index < -0.39 is 0 Å². The number of hydrogen-bond acceptors (Lipinski definition) is 3. The van der Waals surface area contributed by atoms with Crippen molar-refractivity contribution in [3.05, 3.63) is 10.1 Å². The molecule has 4 nitrogen and oxygen atoms in total. The Labute approximate surface area is 77.5 Å². The normalized spacial score (nSPS) is 25.6. The maximum Gasteiger partial charge on any atom is 0.207 e. The van der Waals surface area contributed by atoms with Crippen LogP contribution in [0.2, 0.25) is 0 Å². The van der Waals surface area contributed by atoms with Crippen molar-refractivity contribution in [1.82, 2.24) is 0 Å². The van der Waals surface area contributed by atoms with Gasteiger partial charge in [0, 0.05) is 23.2 Å².